The lowest BCUT2D eigenvalue weighted by molar-refractivity contribution is 0.305. The van der Waals surface area contributed by atoms with Crippen molar-refractivity contribution < 1.29 is 9.15 Å². The highest BCUT2D eigenvalue weighted by atomic mass is 32.2. The lowest BCUT2D eigenvalue weighted by atomic mass is 10.4. The fourth-order valence-electron chi connectivity index (χ4n) is 1.40. The maximum atomic E-state index is 5.82. The average Bonchev–Trinajstić information content (AvgIpc) is 2.76. The van der Waals surface area contributed by atoms with E-state index < -0.39 is 0 Å². The molecule has 0 unspecified atom stereocenters. The molecule has 2 N–H and O–H groups in total. The van der Waals surface area contributed by atoms with E-state index in [9.17, 15) is 0 Å². The standard InChI is InChI=1S/C13H16N2O2S/c1-3-7-17-13-10(14)4-5-12(15-13)18-11-6-8-16-9(11)2/h4-6,8H,3,7,14H2,1-2H3. The summed E-state index contributed by atoms with van der Waals surface area (Å²) in [4.78, 5) is 5.45. The van der Waals surface area contributed by atoms with E-state index in [0.29, 0.717) is 18.2 Å². The van der Waals surface area contributed by atoms with Crippen molar-refractivity contribution in [3.8, 4) is 5.88 Å². The van der Waals surface area contributed by atoms with Crippen LogP contribution in [0.2, 0.25) is 0 Å². The van der Waals surface area contributed by atoms with Gasteiger partial charge in [0.2, 0.25) is 5.88 Å². The second-order valence-corrected chi connectivity index (χ2v) is 4.90. The van der Waals surface area contributed by atoms with Gasteiger partial charge in [-0.25, -0.2) is 4.98 Å². The van der Waals surface area contributed by atoms with E-state index in [1.807, 2.05) is 32.0 Å². The number of aromatic nitrogens is 1. The first kappa shape index (κ1) is 12.8. The van der Waals surface area contributed by atoms with Crippen molar-refractivity contribution in [1.29, 1.82) is 0 Å². The van der Waals surface area contributed by atoms with Gasteiger partial charge in [-0.1, -0.05) is 18.7 Å². The number of nitrogens with zero attached hydrogens (tertiary/aromatic N) is 1. The Labute approximate surface area is 111 Å². The minimum absolute atomic E-state index is 0.503. The van der Waals surface area contributed by atoms with Gasteiger partial charge in [-0.2, -0.15) is 0 Å². The van der Waals surface area contributed by atoms with E-state index in [4.69, 9.17) is 14.9 Å². The van der Waals surface area contributed by atoms with Crippen LogP contribution in [0.5, 0.6) is 5.88 Å². The quantitative estimate of drug-likeness (QED) is 0.895. The van der Waals surface area contributed by atoms with Crippen molar-refractivity contribution in [2.75, 3.05) is 12.3 Å². The minimum atomic E-state index is 0.503. The third kappa shape index (κ3) is 2.98. The summed E-state index contributed by atoms with van der Waals surface area (Å²) in [5.74, 6) is 1.39. The number of anilines is 1. The van der Waals surface area contributed by atoms with Gasteiger partial charge in [-0.3, -0.25) is 0 Å². The van der Waals surface area contributed by atoms with Crippen molar-refractivity contribution in [1.82, 2.24) is 4.98 Å². The topological polar surface area (TPSA) is 61.3 Å². The molecule has 2 heterocycles. The Balaban J connectivity index is 2.16. The molecule has 0 aromatic carbocycles. The molecule has 2 aromatic rings. The number of pyridine rings is 1. The minimum Gasteiger partial charge on any atom is -0.476 e. The number of nitrogens with two attached hydrogens (primary N) is 1. The average molecular weight is 264 g/mol. The molecule has 0 aliphatic heterocycles. The molecule has 0 saturated heterocycles. The first-order chi connectivity index (χ1) is 8.70. The number of aryl methyl sites for hydroxylation is 1. The maximum Gasteiger partial charge on any atom is 0.238 e. The second kappa shape index (κ2) is 5.82. The van der Waals surface area contributed by atoms with E-state index in [1.165, 1.54) is 11.8 Å². The molecule has 0 saturated carbocycles. The molecule has 0 aliphatic carbocycles. The molecule has 0 aliphatic rings. The van der Waals surface area contributed by atoms with E-state index in [0.717, 1.165) is 22.1 Å². The Morgan fingerprint density at radius 3 is 2.89 bits per heavy atom. The normalized spacial score (nSPS) is 10.6. The summed E-state index contributed by atoms with van der Waals surface area (Å²) in [5.41, 5.74) is 6.38. The van der Waals surface area contributed by atoms with Crippen molar-refractivity contribution in [3.05, 3.63) is 30.2 Å². The summed E-state index contributed by atoms with van der Waals surface area (Å²) >= 11 is 1.54. The fraction of sp³-hybridized carbons (Fsp3) is 0.308. The van der Waals surface area contributed by atoms with E-state index in [2.05, 4.69) is 4.98 Å². The number of hydrogen-bond donors (Lipinski definition) is 1. The molecule has 5 heteroatoms. The van der Waals surface area contributed by atoms with Crippen LogP contribution in [0.1, 0.15) is 19.1 Å². The highest BCUT2D eigenvalue weighted by Crippen LogP contribution is 2.32. The number of hydrogen-bond acceptors (Lipinski definition) is 5. The van der Waals surface area contributed by atoms with Gasteiger partial charge < -0.3 is 14.9 Å². The molecule has 18 heavy (non-hydrogen) atoms. The van der Waals surface area contributed by atoms with Crippen molar-refractivity contribution in [2.45, 2.75) is 30.2 Å². The van der Waals surface area contributed by atoms with Gasteiger partial charge in [0, 0.05) is 0 Å². The molecule has 0 spiro atoms. The Kier molecular flexibility index (Phi) is 4.15. The van der Waals surface area contributed by atoms with Gasteiger partial charge in [-0.05, 0) is 31.5 Å². The third-order valence-corrected chi connectivity index (χ3v) is 3.41. The van der Waals surface area contributed by atoms with Crippen LogP contribution in [0.4, 0.5) is 5.69 Å². The molecule has 96 valence electrons. The van der Waals surface area contributed by atoms with Gasteiger partial charge in [0.15, 0.2) is 0 Å². The van der Waals surface area contributed by atoms with Crippen LogP contribution in [-0.4, -0.2) is 11.6 Å². The van der Waals surface area contributed by atoms with Crippen molar-refractivity contribution in [2.24, 2.45) is 0 Å². The summed E-state index contributed by atoms with van der Waals surface area (Å²) in [6.45, 7) is 4.59. The first-order valence-electron chi connectivity index (χ1n) is 5.82. The molecule has 4 nitrogen and oxygen atoms in total. The van der Waals surface area contributed by atoms with Gasteiger partial charge in [0.05, 0.1) is 23.5 Å². The first-order valence-corrected chi connectivity index (χ1v) is 6.63. The highest BCUT2D eigenvalue weighted by molar-refractivity contribution is 7.99. The Bertz CT molecular complexity index is 525. The molecule has 0 radical (unpaired) electrons. The highest BCUT2D eigenvalue weighted by Gasteiger charge is 2.08. The van der Waals surface area contributed by atoms with Crippen LogP contribution in [0.15, 0.2) is 38.8 Å². The predicted octanol–water partition coefficient (Wildman–Crippen LogP) is 3.51. The van der Waals surface area contributed by atoms with Gasteiger partial charge in [0.25, 0.3) is 0 Å². The van der Waals surface area contributed by atoms with Gasteiger partial charge in [-0.15, -0.1) is 0 Å². The van der Waals surface area contributed by atoms with E-state index in [1.54, 1.807) is 6.26 Å². The molecule has 0 amide bonds. The molecule has 2 aromatic heterocycles. The monoisotopic (exact) mass is 264 g/mol. The molecule has 0 fully saturated rings. The number of furan rings is 1. The van der Waals surface area contributed by atoms with Crippen molar-refractivity contribution >= 4 is 17.4 Å². The van der Waals surface area contributed by atoms with Gasteiger partial charge in [0.1, 0.15) is 10.8 Å². The zero-order valence-corrected chi connectivity index (χ0v) is 11.3. The largest absolute Gasteiger partial charge is 0.476 e. The zero-order chi connectivity index (χ0) is 13.0. The van der Waals surface area contributed by atoms with Crippen LogP contribution in [0.25, 0.3) is 0 Å². The zero-order valence-electron chi connectivity index (χ0n) is 10.5. The number of ether oxygens (including phenoxy) is 1. The van der Waals surface area contributed by atoms with Gasteiger partial charge >= 0.3 is 0 Å². The van der Waals surface area contributed by atoms with Crippen molar-refractivity contribution in [3.63, 3.8) is 0 Å². The van der Waals surface area contributed by atoms with Crippen LogP contribution in [-0.2, 0) is 0 Å². The smallest absolute Gasteiger partial charge is 0.238 e. The van der Waals surface area contributed by atoms with E-state index in [-0.39, 0.29) is 0 Å². The summed E-state index contributed by atoms with van der Waals surface area (Å²) in [6, 6.07) is 5.62. The SMILES string of the molecule is CCCOc1nc(Sc2ccoc2C)ccc1N. The Hall–Kier alpha value is -1.62. The van der Waals surface area contributed by atoms with Crippen LogP contribution >= 0.6 is 11.8 Å². The summed E-state index contributed by atoms with van der Waals surface area (Å²) < 4.78 is 10.8. The summed E-state index contributed by atoms with van der Waals surface area (Å²) in [7, 11) is 0. The van der Waals surface area contributed by atoms with E-state index >= 15 is 0 Å². The molecule has 2 rings (SSSR count). The summed E-state index contributed by atoms with van der Waals surface area (Å²) in [5, 5.41) is 0.847. The molecular weight excluding hydrogens is 248 g/mol. The third-order valence-electron chi connectivity index (χ3n) is 2.33. The van der Waals surface area contributed by atoms with Crippen LogP contribution in [0, 0.1) is 6.92 Å². The lowest BCUT2D eigenvalue weighted by Crippen LogP contribution is -2.01. The predicted molar refractivity (Wildman–Crippen MR) is 72.0 cm³/mol. The Morgan fingerprint density at radius 1 is 1.39 bits per heavy atom. The Morgan fingerprint density at radius 2 is 2.22 bits per heavy atom. The molecule has 0 bridgehead atoms. The van der Waals surface area contributed by atoms with Crippen LogP contribution < -0.4 is 10.5 Å². The maximum absolute atomic E-state index is 5.82. The molecule has 0 atom stereocenters. The fourth-order valence-corrected chi connectivity index (χ4v) is 2.20. The van der Waals surface area contributed by atoms with Crippen LogP contribution in [0.3, 0.4) is 0 Å². The number of rotatable bonds is 5. The lowest BCUT2D eigenvalue weighted by Gasteiger charge is -2.08. The second-order valence-electron chi connectivity index (χ2n) is 3.84. The summed E-state index contributed by atoms with van der Waals surface area (Å²) in [6.07, 6.45) is 2.60. The molecular formula is C13H16N2O2S. The number of nitrogen functional groups attached to an aromatic ring is 1.